The average molecular weight is 206 g/mol. The molecular formula is H9B2NO6Zn. The standard InChI is InChI=1S/2BH3O3.H3N.Zn/c2*2-1(3)4;;/h2*2-4H;1H3;. The molecule has 0 amide bonds. The van der Waals surface area contributed by atoms with Crippen LogP contribution in [-0.2, 0) is 19.5 Å². The fourth-order valence-electron chi connectivity index (χ4n) is 0. The van der Waals surface area contributed by atoms with E-state index in [1.807, 2.05) is 0 Å². The Morgan fingerprint density at radius 1 is 0.600 bits per heavy atom. The van der Waals surface area contributed by atoms with Crippen molar-refractivity contribution in [3.63, 3.8) is 0 Å². The summed E-state index contributed by atoms with van der Waals surface area (Å²) in [5, 5.41) is 43.0. The first-order valence-electron chi connectivity index (χ1n) is 1.55. The van der Waals surface area contributed by atoms with Crippen molar-refractivity contribution in [2.75, 3.05) is 0 Å². The van der Waals surface area contributed by atoms with Gasteiger partial charge in [0.25, 0.3) is 0 Å². The molecule has 0 saturated heterocycles. The zero-order chi connectivity index (χ0) is 7.15. The van der Waals surface area contributed by atoms with Crippen molar-refractivity contribution >= 4 is 14.6 Å². The van der Waals surface area contributed by atoms with Crippen LogP contribution in [-0.4, -0.2) is 44.8 Å². The minimum Gasteiger partial charge on any atom is -0.402 e. The van der Waals surface area contributed by atoms with Crippen LogP contribution in [0.2, 0.25) is 0 Å². The van der Waals surface area contributed by atoms with E-state index in [1.54, 1.807) is 0 Å². The summed E-state index contributed by atoms with van der Waals surface area (Å²) in [4.78, 5) is 0. The summed E-state index contributed by atoms with van der Waals surface area (Å²) in [5.74, 6) is 0. The van der Waals surface area contributed by atoms with Crippen molar-refractivity contribution in [3.05, 3.63) is 0 Å². The van der Waals surface area contributed by atoms with Gasteiger partial charge in [-0.25, -0.2) is 0 Å². The van der Waals surface area contributed by atoms with Crippen LogP contribution < -0.4 is 6.15 Å². The van der Waals surface area contributed by atoms with E-state index in [-0.39, 0.29) is 25.6 Å². The Hall–Kier alpha value is 0.473. The van der Waals surface area contributed by atoms with Gasteiger partial charge in [0.2, 0.25) is 0 Å². The van der Waals surface area contributed by atoms with Gasteiger partial charge in [0.15, 0.2) is 0 Å². The Kier molecular flexibility index (Phi) is 36.4. The van der Waals surface area contributed by atoms with Crippen LogP contribution in [0, 0.1) is 0 Å². The fourth-order valence-corrected chi connectivity index (χ4v) is 0. The van der Waals surface area contributed by atoms with Crippen molar-refractivity contribution in [1.29, 1.82) is 0 Å². The van der Waals surface area contributed by atoms with Gasteiger partial charge in [0.05, 0.1) is 0 Å². The molecule has 10 heavy (non-hydrogen) atoms. The van der Waals surface area contributed by atoms with Gasteiger partial charge in [-0.3, -0.25) is 0 Å². The zero-order valence-corrected chi connectivity index (χ0v) is 8.22. The van der Waals surface area contributed by atoms with Gasteiger partial charge in [0.1, 0.15) is 0 Å². The molecule has 0 atom stereocenters. The second-order valence-electron chi connectivity index (χ2n) is 0.693. The fraction of sp³-hybridized carbons (Fsp3) is 0. The van der Waals surface area contributed by atoms with Crippen LogP contribution >= 0.6 is 0 Å². The first-order chi connectivity index (χ1) is 3.46. The molecule has 7 nitrogen and oxygen atoms in total. The molecule has 0 radical (unpaired) electrons. The summed E-state index contributed by atoms with van der Waals surface area (Å²) in [6.07, 6.45) is 0. The Morgan fingerprint density at radius 2 is 0.600 bits per heavy atom. The topological polar surface area (TPSA) is 156 Å². The second kappa shape index (κ2) is 16.2. The molecular weight excluding hydrogens is 197 g/mol. The van der Waals surface area contributed by atoms with Crippen molar-refractivity contribution in [1.82, 2.24) is 6.15 Å². The molecule has 58 valence electrons. The molecule has 0 unspecified atom stereocenters. The van der Waals surface area contributed by atoms with Crippen LogP contribution in [0.1, 0.15) is 0 Å². The summed E-state index contributed by atoms with van der Waals surface area (Å²) in [7, 11) is -4.33. The molecule has 0 aromatic rings. The normalized spacial score (nSPS) is 5.40. The smallest absolute Gasteiger partial charge is 0.402 e. The van der Waals surface area contributed by atoms with E-state index < -0.39 is 14.6 Å². The van der Waals surface area contributed by atoms with Gasteiger partial charge >= 0.3 is 14.6 Å². The second-order valence-corrected chi connectivity index (χ2v) is 0.693. The van der Waals surface area contributed by atoms with E-state index in [9.17, 15) is 0 Å². The largest absolute Gasteiger partial charge is 0.631 e. The summed E-state index contributed by atoms with van der Waals surface area (Å²) in [6.45, 7) is 0. The summed E-state index contributed by atoms with van der Waals surface area (Å²) < 4.78 is 0. The van der Waals surface area contributed by atoms with E-state index in [2.05, 4.69) is 0 Å². The summed E-state index contributed by atoms with van der Waals surface area (Å²) in [5.41, 5.74) is 0. The van der Waals surface area contributed by atoms with E-state index in [4.69, 9.17) is 30.1 Å². The molecule has 0 saturated carbocycles. The quantitative estimate of drug-likeness (QED) is 0.199. The molecule has 0 aliphatic rings. The number of hydrogen-bond acceptors (Lipinski definition) is 7. The Labute approximate surface area is 71.0 Å². The maximum absolute atomic E-state index is 7.17. The van der Waals surface area contributed by atoms with Crippen molar-refractivity contribution in [3.8, 4) is 0 Å². The first-order valence-corrected chi connectivity index (χ1v) is 1.55. The first kappa shape index (κ1) is 22.4. The van der Waals surface area contributed by atoms with Gasteiger partial charge in [-0.05, 0) is 0 Å². The SMILES string of the molecule is N.OB(O)O.OB(O)O.[Zn]. The predicted octanol–water partition coefficient (Wildman–Crippen LogP) is -3.94. The van der Waals surface area contributed by atoms with E-state index in [1.165, 1.54) is 0 Å². The van der Waals surface area contributed by atoms with Crippen LogP contribution in [0.5, 0.6) is 0 Å². The molecule has 0 rings (SSSR count). The average Bonchev–Trinajstić information content (AvgIpc) is 1.25. The maximum Gasteiger partial charge on any atom is 0.631 e. The molecule has 0 aromatic carbocycles. The van der Waals surface area contributed by atoms with Gasteiger partial charge in [-0.15, -0.1) is 0 Å². The molecule has 0 aromatic heterocycles. The Bertz CT molecular complexity index is 31.2. The molecule has 0 aliphatic heterocycles. The van der Waals surface area contributed by atoms with Crippen LogP contribution in [0.15, 0.2) is 0 Å². The summed E-state index contributed by atoms with van der Waals surface area (Å²) >= 11 is 0. The molecule has 9 N–H and O–H groups in total. The third-order valence-electron chi connectivity index (χ3n) is 0. The van der Waals surface area contributed by atoms with E-state index in [0.717, 1.165) is 0 Å². The molecule has 10 heteroatoms. The van der Waals surface area contributed by atoms with E-state index in [0.29, 0.717) is 0 Å². The third kappa shape index (κ3) is 2110. The van der Waals surface area contributed by atoms with Gasteiger partial charge < -0.3 is 36.3 Å². The van der Waals surface area contributed by atoms with Crippen molar-refractivity contribution in [2.24, 2.45) is 0 Å². The molecule has 0 heterocycles. The summed E-state index contributed by atoms with van der Waals surface area (Å²) in [6, 6.07) is 0. The number of hydrogen-bond donors (Lipinski definition) is 7. The van der Waals surface area contributed by atoms with Crippen LogP contribution in [0.25, 0.3) is 0 Å². The molecule has 0 spiro atoms. The molecule has 0 aliphatic carbocycles. The maximum atomic E-state index is 7.17. The third-order valence-corrected chi connectivity index (χ3v) is 0. The minimum atomic E-state index is -2.17. The van der Waals surface area contributed by atoms with Crippen molar-refractivity contribution in [2.45, 2.75) is 0 Å². The predicted molar refractivity (Wildman–Crippen MR) is 29.8 cm³/mol. The van der Waals surface area contributed by atoms with Gasteiger partial charge in [0, 0.05) is 19.5 Å². The molecule has 0 fully saturated rings. The van der Waals surface area contributed by atoms with Crippen molar-refractivity contribution < 1.29 is 49.6 Å². The number of rotatable bonds is 0. The van der Waals surface area contributed by atoms with Gasteiger partial charge in [-0.2, -0.15) is 0 Å². The Morgan fingerprint density at radius 3 is 0.600 bits per heavy atom. The van der Waals surface area contributed by atoms with Crippen LogP contribution in [0.3, 0.4) is 0 Å². The Balaban J connectivity index is -0.0000000300. The minimum absolute atomic E-state index is 0. The zero-order valence-electron chi connectivity index (χ0n) is 5.25. The van der Waals surface area contributed by atoms with E-state index >= 15 is 0 Å². The molecule has 0 bridgehead atoms. The monoisotopic (exact) mass is 205 g/mol. The van der Waals surface area contributed by atoms with Gasteiger partial charge in [-0.1, -0.05) is 0 Å². The van der Waals surface area contributed by atoms with Crippen LogP contribution in [0.4, 0.5) is 0 Å².